The molecule has 17 heavy (non-hydrogen) atoms. The van der Waals surface area contributed by atoms with Gasteiger partial charge < -0.3 is 14.8 Å². The van der Waals surface area contributed by atoms with E-state index < -0.39 is 0 Å². The van der Waals surface area contributed by atoms with Crippen LogP contribution in [-0.2, 0) is 9.47 Å². The highest BCUT2D eigenvalue weighted by Crippen LogP contribution is 2.35. The summed E-state index contributed by atoms with van der Waals surface area (Å²) >= 11 is 3.93. The zero-order valence-electron chi connectivity index (χ0n) is 11.6. The second-order valence-electron chi connectivity index (χ2n) is 3.93. The van der Waals surface area contributed by atoms with Crippen LogP contribution in [0.2, 0.25) is 0 Å². The number of rotatable bonds is 12. The fourth-order valence-corrected chi connectivity index (χ4v) is 3.35. The third-order valence-electron chi connectivity index (χ3n) is 2.01. The van der Waals surface area contributed by atoms with E-state index in [1.807, 2.05) is 30.4 Å². The first-order valence-corrected chi connectivity index (χ1v) is 8.23. The molecule has 0 saturated heterocycles. The van der Waals surface area contributed by atoms with Gasteiger partial charge in [-0.05, 0) is 26.5 Å². The molecule has 0 unspecified atom stereocenters. The lowest BCUT2D eigenvalue weighted by atomic mass is 10.5. The van der Waals surface area contributed by atoms with Gasteiger partial charge in [0, 0.05) is 19.0 Å². The van der Waals surface area contributed by atoms with Crippen LogP contribution in [0.4, 0.5) is 0 Å². The zero-order valence-corrected chi connectivity index (χ0v) is 13.2. The Kier molecular flexibility index (Phi) is 12.1. The van der Waals surface area contributed by atoms with Crippen molar-refractivity contribution in [3.8, 4) is 0 Å². The minimum atomic E-state index is 0.303. The van der Waals surface area contributed by atoms with Crippen LogP contribution in [0.5, 0.6) is 0 Å². The topological polar surface area (TPSA) is 30.5 Å². The van der Waals surface area contributed by atoms with E-state index in [9.17, 15) is 0 Å². The largest absolute Gasteiger partial charge is 0.379 e. The van der Waals surface area contributed by atoms with Gasteiger partial charge in [0.15, 0.2) is 0 Å². The maximum absolute atomic E-state index is 5.41. The Morgan fingerprint density at radius 1 is 1.00 bits per heavy atom. The Bertz CT molecular complexity index is 169. The maximum atomic E-state index is 5.41. The Labute approximate surface area is 115 Å². The van der Waals surface area contributed by atoms with Gasteiger partial charge in [-0.2, -0.15) is 0 Å². The molecule has 0 bridgehead atoms. The molecule has 0 rings (SSSR count). The van der Waals surface area contributed by atoms with Crippen LogP contribution >= 0.6 is 23.5 Å². The van der Waals surface area contributed by atoms with E-state index >= 15 is 0 Å². The summed E-state index contributed by atoms with van der Waals surface area (Å²) in [5.74, 6) is 2.15. The maximum Gasteiger partial charge on any atom is 0.0701 e. The van der Waals surface area contributed by atoms with Gasteiger partial charge in [-0.3, -0.25) is 0 Å². The Hall–Kier alpha value is 0.580. The monoisotopic (exact) mass is 281 g/mol. The molecule has 0 saturated carbocycles. The molecule has 104 valence electrons. The highest BCUT2D eigenvalue weighted by atomic mass is 32.2. The van der Waals surface area contributed by atoms with E-state index in [0.717, 1.165) is 25.6 Å². The average Bonchev–Trinajstić information content (AvgIpc) is 2.27. The van der Waals surface area contributed by atoms with Crippen LogP contribution in [0, 0.1) is 0 Å². The van der Waals surface area contributed by atoms with Crippen LogP contribution in [0.15, 0.2) is 0 Å². The van der Waals surface area contributed by atoms with Crippen LogP contribution in [0.25, 0.3) is 0 Å². The summed E-state index contributed by atoms with van der Waals surface area (Å²) < 4.78 is 10.9. The third-order valence-corrected chi connectivity index (χ3v) is 4.75. The smallest absolute Gasteiger partial charge is 0.0701 e. The second-order valence-corrected chi connectivity index (χ2v) is 7.67. The predicted octanol–water partition coefficient (Wildman–Crippen LogP) is 2.81. The predicted molar refractivity (Wildman–Crippen MR) is 80.0 cm³/mol. The Morgan fingerprint density at radius 2 is 1.71 bits per heavy atom. The van der Waals surface area contributed by atoms with Crippen molar-refractivity contribution in [3.63, 3.8) is 0 Å². The molecular weight excluding hydrogens is 254 g/mol. The van der Waals surface area contributed by atoms with Crippen molar-refractivity contribution in [2.75, 3.05) is 44.6 Å². The van der Waals surface area contributed by atoms with Gasteiger partial charge in [0.1, 0.15) is 0 Å². The first-order chi connectivity index (χ1) is 8.12. The van der Waals surface area contributed by atoms with E-state index in [4.69, 9.17) is 9.47 Å². The van der Waals surface area contributed by atoms with E-state index in [1.54, 1.807) is 0 Å². The Morgan fingerprint density at radius 3 is 2.35 bits per heavy atom. The standard InChI is InChI=1S/C12H27NO2S2/c1-5-14-9-10-15-8-7-13-11-17-12(3,4)16-6-2/h13H,5-11H2,1-4H3. The molecule has 0 heterocycles. The SMILES string of the molecule is CCOCCOCCNCSC(C)(C)SCC. The van der Waals surface area contributed by atoms with E-state index in [-0.39, 0.29) is 0 Å². The summed E-state index contributed by atoms with van der Waals surface area (Å²) in [5.41, 5.74) is 0. The first kappa shape index (κ1) is 17.6. The van der Waals surface area contributed by atoms with Crippen LogP contribution < -0.4 is 5.32 Å². The fraction of sp³-hybridized carbons (Fsp3) is 1.00. The van der Waals surface area contributed by atoms with Crippen molar-refractivity contribution in [1.82, 2.24) is 5.32 Å². The van der Waals surface area contributed by atoms with E-state index in [2.05, 4.69) is 26.1 Å². The van der Waals surface area contributed by atoms with Crippen molar-refractivity contribution in [2.24, 2.45) is 0 Å². The lowest BCUT2D eigenvalue weighted by Gasteiger charge is -2.22. The molecule has 0 fully saturated rings. The van der Waals surface area contributed by atoms with E-state index in [1.165, 1.54) is 5.75 Å². The van der Waals surface area contributed by atoms with Crippen molar-refractivity contribution < 1.29 is 9.47 Å². The molecule has 0 spiro atoms. The molecule has 5 heteroatoms. The molecule has 0 aliphatic rings. The number of hydrogen-bond donors (Lipinski definition) is 1. The highest BCUT2D eigenvalue weighted by Gasteiger charge is 2.16. The third kappa shape index (κ3) is 12.8. The fourth-order valence-electron chi connectivity index (χ4n) is 1.19. The summed E-state index contributed by atoms with van der Waals surface area (Å²) in [7, 11) is 0. The van der Waals surface area contributed by atoms with Gasteiger partial charge in [0.25, 0.3) is 0 Å². The minimum absolute atomic E-state index is 0.303. The van der Waals surface area contributed by atoms with Gasteiger partial charge in [-0.1, -0.05) is 6.92 Å². The van der Waals surface area contributed by atoms with Crippen LogP contribution in [0.3, 0.4) is 0 Å². The first-order valence-electron chi connectivity index (χ1n) is 6.26. The van der Waals surface area contributed by atoms with Crippen molar-refractivity contribution in [2.45, 2.75) is 31.8 Å². The summed E-state index contributed by atoms with van der Waals surface area (Å²) in [4.78, 5) is 0. The van der Waals surface area contributed by atoms with E-state index in [0.29, 0.717) is 17.3 Å². The van der Waals surface area contributed by atoms with Gasteiger partial charge >= 0.3 is 0 Å². The molecule has 0 aromatic heterocycles. The van der Waals surface area contributed by atoms with Crippen molar-refractivity contribution in [3.05, 3.63) is 0 Å². The molecule has 0 amide bonds. The number of nitrogens with one attached hydrogen (secondary N) is 1. The molecule has 1 N–H and O–H groups in total. The summed E-state index contributed by atoms with van der Waals surface area (Å²) in [6.07, 6.45) is 0. The molecule has 0 aliphatic heterocycles. The Balaban J connectivity index is 3.18. The molecule has 0 aromatic rings. The molecule has 3 nitrogen and oxygen atoms in total. The van der Waals surface area contributed by atoms with Gasteiger partial charge in [0.2, 0.25) is 0 Å². The second kappa shape index (κ2) is 11.7. The molecule has 0 atom stereocenters. The molecular formula is C12H27NO2S2. The normalized spacial score (nSPS) is 12.0. The van der Waals surface area contributed by atoms with Gasteiger partial charge in [0.05, 0.1) is 23.9 Å². The van der Waals surface area contributed by atoms with Gasteiger partial charge in [-0.15, -0.1) is 23.5 Å². The lowest BCUT2D eigenvalue weighted by Crippen LogP contribution is -2.23. The van der Waals surface area contributed by atoms with Gasteiger partial charge in [-0.25, -0.2) is 0 Å². The number of hydrogen-bond acceptors (Lipinski definition) is 5. The summed E-state index contributed by atoms with van der Waals surface area (Å²) in [6, 6.07) is 0. The quantitative estimate of drug-likeness (QED) is 0.439. The summed E-state index contributed by atoms with van der Waals surface area (Å²) in [5, 5.41) is 3.37. The zero-order chi connectivity index (χ0) is 13.0. The van der Waals surface area contributed by atoms with Crippen molar-refractivity contribution in [1.29, 1.82) is 0 Å². The average molecular weight is 281 g/mol. The van der Waals surface area contributed by atoms with Crippen LogP contribution in [-0.4, -0.2) is 48.7 Å². The molecule has 0 aromatic carbocycles. The highest BCUT2D eigenvalue weighted by molar-refractivity contribution is 8.18. The van der Waals surface area contributed by atoms with Crippen LogP contribution in [0.1, 0.15) is 27.7 Å². The van der Waals surface area contributed by atoms with Crippen molar-refractivity contribution >= 4 is 23.5 Å². The summed E-state index contributed by atoms with van der Waals surface area (Å²) in [6.45, 7) is 12.6. The lowest BCUT2D eigenvalue weighted by molar-refractivity contribution is 0.0544. The molecule has 0 radical (unpaired) electrons. The number of ether oxygens (including phenoxy) is 2. The minimum Gasteiger partial charge on any atom is -0.379 e. The molecule has 0 aliphatic carbocycles. The number of thioether (sulfide) groups is 2.